The van der Waals surface area contributed by atoms with Crippen molar-refractivity contribution in [2.24, 2.45) is 0 Å². The number of hydrogen-bond donors (Lipinski definition) is 0. The van der Waals surface area contributed by atoms with Crippen molar-refractivity contribution in [1.29, 1.82) is 0 Å². The first-order valence-electron chi connectivity index (χ1n) is 6.74. The third-order valence-corrected chi connectivity index (χ3v) is 3.12. The van der Waals surface area contributed by atoms with E-state index in [1.54, 1.807) is 18.2 Å². The molecule has 8 heteroatoms. The van der Waals surface area contributed by atoms with Gasteiger partial charge in [-0.25, -0.2) is 14.0 Å². The molecule has 0 bridgehead atoms. The minimum Gasteiger partial charge on any atom is -0.467 e. The molecular weight excluding hydrogens is 311 g/mol. The average Bonchev–Trinajstić information content (AvgIpc) is 2.83. The summed E-state index contributed by atoms with van der Waals surface area (Å²) in [5.41, 5.74) is 0.183. The second-order valence-electron chi connectivity index (χ2n) is 4.74. The van der Waals surface area contributed by atoms with Crippen LogP contribution < -0.4 is 0 Å². The number of esters is 3. The van der Waals surface area contributed by atoms with Crippen LogP contribution in [0.1, 0.15) is 17.3 Å². The molecule has 124 valence electrons. The quantitative estimate of drug-likeness (QED) is 0.602. The highest BCUT2D eigenvalue weighted by Crippen LogP contribution is 2.29. The number of halogens is 1. The predicted molar refractivity (Wildman–Crippen MR) is 73.0 cm³/mol. The van der Waals surface area contributed by atoms with E-state index in [1.165, 1.54) is 12.1 Å². The highest BCUT2D eigenvalue weighted by molar-refractivity contribution is 5.89. The van der Waals surface area contributed by atoms with E-state index < -0.39 is 42.6 Å². The number of ether oxygens (including phenoxy) is 4. The van der Waals surface area contributed by atoms with E-state index in [0.717, 1.165) is 14.0 Å². The lowest BCUT2D eigenvalue weighted by molar-refractivity contribution is -0.192. The predicted octanol–water partition coefficient (Wildman–Crippen LogP) is 1.01. The SMILES string of the molecule is COC(=O)[C@H]1OC(OC(C)=O)[C@H](OC(=O)c2ccccc2)[C@@H]1F. The molecule has 0 amide bonds. The van der Waals surface area contributed by atoms with E-state index in [-0.39, 0.29) is 5.56 Å². The Morgan fingerprint density at radius 1 is 1.13 bits per heavy atom. The molecule has 0 spiro atoms. The number of hydrogen-bond acceptors (Lipinski definition) is 7. The molecule has 0 saturated carbocycles. The lowest BCUT2D eigenvalue weighted by Crippen LogP contribution is -2.38. The van der Waals surface area contributed by atoms with Crippen LogP contribution >= 0.6 is 0 Å². The fraction of sp³-hybridized carbons (Fsp3) is 0.400. The maximum atomic E-state index is 14.4. The van der Waals surface area contributed by atoms with Crippen LogP contribution in [-0.2, 0) is 28.5 Å². The minimum atomic E-state index is -2.03. The number of methoxy groups -OCH3 is 1. The molecule has 1 fully saturated rings. The summed E-state index contributed by atoms with van der Waals surface area (Å²) in [6.07, 6.45) is -6.77. The van der Waals surface area contributed by atoms with Gasteiger partial charge in [0.15, 0.2) is 18.4 Å². The first kappa shape index (κ1) is 16.9. The molecule has 0 aliphatic carbocycles. The van der Waals surface area contributed by atoms with E-state index in [2.05, 4.69) is 4.74 Å². The minimum absolute atomic E-state index is 0.183. The molecule has 1 heterocycles. The summed E-state index contributed by atoms with van der Waals surface area (Å²) in [5.74, 6) is -2.59. The molecular formula is C15H15FO7. The molecule has 4 atom stereocenters. The van der Waals surface area contributed by atoms with Crippen molar-refractivity contribution in [3.8, 4) is 0 Å². The number of benzene rings is 1. The van der Waals surface area contributed by atoms with E-state index >= 15 is 0 Å². The van der Waals surface area contributed by atoms with Crippen LogP contribution in [0.5, 0.6) is 0 Å². The van der Waals surface area contributed by atoms with Gasteiger partial charge in [-0.05, 0) is 12.1 Å². The van der Waals surface area contributed by atoms with E-state index in [9.17, 15) is 18.8 Å². The molecule has 7 nitrogen and oxygen atoms in total. The van der Waals surface area contributed by atoms with Gasteiger partial charge in [-0.3, -0.25) is 4.79 Å². The number of alkyl halides is 1. The van der Waals surface area contributed by atoms with Gasteiger partial charge in [-0.1, -0.05) is 18.2 Å². The Bertz CT molecular complexity index is 589. The summed E-state index contributed by atoms with van der Waals surface area (Å²) in [5, 5.41) is 0. The van der Waals surface area contributed by atoms with Crippen LogP contribution in [-0.4, -0.2) is 49.7 Å². The van der Waals surface area contributed by atoms with Crippen LogP contribution in [0.4, 0.5) is 4.39 Å². The smallest absolute Gasteiger partial charge is 0.338 e. The van der Waals surface area contributed by atoms with Crippen molar-refractivity contribution in [2.45, 2.75) is 31.6 Å². The Labute approximate surface area is 131 Å². The summed E-state index contributed by atoms with van der Waals surface area (Å²) in [4.78, 5) is 34.6. The standard InChI is InChI=1S/C15H15FO7/c1-8(17)21-15-12(10(16)11(23-15)14(19)20-2)22-13(18)9-6-4-3-5-7-9/h3-7,10-12,15H,1-2H3/t10-,11+,12-,15?/m1/s1. The zero-order chi connectivity index (χ0) is 17.0. The Balaban J connectivity index is 2.16. The summed E-state index contributed by atoms with van der Waals surface area (Å²) in [7, 11) is 1.06. The van der Waals surface area contributed by atoms with E-state index in [4.69, 9.17) is 14.2 Å². The van der Waals surface area contributed by atoms with Crippen molar-refractivity contribution >= 4 is 17.9 Å². The van der Waals surface area contributed by atoms with Gasteiger partial charge in [-0.15, -0.1) is 0 Å². The summed E-state index contributed by atoms with van der Waals surface area (Å²) in [6, 6.07) is 7.86. The monoisotopic (exact) mass is 326 g/mol. The van der Waals surface area contributed by atoms with Crippen molar-refractivity contribution in [1.82, 2.24) is 0 Å². The molecule has 1 aromatic carbocycles. The average molecular weight is 326 g/mol. The summed E-state index contributed by atoms with van der Waals surface area (Å²) >= 11 is 0. The van der Waals surface area contributed by atoms with E-state index in [0.29, 0.717) is 0 Å². The maximum Gasteiger partial charge on any atom is 0.338 e. The van der Waals surface area contributed by atoms with Gasteiger partial charge in [0, 0.05) is 6.92 Å². The van der Waals surface area contributed by atoms with Gasteiger partial charge in [-0.2, -0.15) is 0 Å². The second-order valence-corrected chi connectivity index (χ2v) is 4.74. The molecule has 1 aromatic rings. The molecule has 1 saturated heterocycles. The molecule has 2 rings (SSSR count). The molecule has 0 N–H and O–H groups in total. The van der Waals surface area contributed by atoms with Crippen LogP contribution in [0, 0.1) is 0 Å². The third kappa shape index (κ3) is 3.84. The van der Waals surface area contributed by atoms with Gasteiger partial charge < -0.3 is 18.9 Å². The van der Waals surface area contributed by atoms with Gasteiger partial charge in [0.25, 0.3) is 0 Å². The summed E-state index contributed by atoms with van der Waals surface area (Å²) < 4.78 is 33.6. The van der Waals surface area contributed by atoms with Crippen LogP contribution in [0.15, 0.2) is 30.3 Å². The molecule has 1 unspecified atom stereocenters. The maximum absolute atomic E-state index is 14.4. The van der Waals surface area contributed by atoms with E-state index in [1.807, 2.05) is 0 Å². The Hall–Kier alpha value is -2.48. The number of carbonyl (C=O) groups excluding carboxylic acids is 3. The zero-order valence-corrected chi connectivity index (χ0v) is 12.4. The topological polar surface area (TPSA) is 88.1 Å². The Kier molecular flexibility index (Phi) is 5.28. The number of carbonyl (C=O) groups is 3. The number of rotatable bonds is 4. The fourth-order valence-corrected chi connectivity index (χ4v) is 2.07. The van der Waals surface area contributed by atoms with Crippen molar-refractivity contribution in [3.05, 3.63) is 35.9 Å². The molecule has 0 aromatic heterocycles. The first-order chi connectivity index (χ1) is 10.9. The highest BCUT2D eigenvalue weighted by atomic mass is 19.1. The van der Waals surface area contributed by atoms with Crippen molar-refractivity contribution in [3.63, 3.8) is 0 Å². The van der Waals surface area contributed by atoms with Crippen molar-refractivity contribution < 1.29 is 37.7 Å². The molecule has 1 aliphatic heterocycles. The Morgan fingerprint density at radius 2 is 1.78 bits per heavy atom. The lowest BCUT2D eigenvalue weighted by atomic mass is 10.1. The van der Waals surface area contributed by atoms with Crippen LogP contribution in [0.3, 0.4) is 0 Å². The molecule has 1 aliphatic rings. The molecule has 0 radical (unpaired) electrons. The third-order valence-electron chi connectivity index (χ3n) is 3.12. The van der Waals surface area contributed by atoms with Crippen LogP contribution in [0.2, 0.25) is 0 Å². The second kappa shape index (κ2) is 7.19. The van der Waals surface area contributed by atoms with Gasteiger partial charge >= 0.3 is 17.9 Å². The largest absolute Gasteiger partial charge is 0.467 e. The van der Waals surface area contributed by atoms with Gasteiger partial charge in [0.05, 0.1) is 12.7 Å². The summed E-state index contributed by atoms with van der Waals surface area (Å²) in [6.45, 7) is 1.08. The van der Waals surface area contributed by atoms with Gasteiger partial charge in [0.1, 0.15) is 0 Å². The molecule has 23 heavy (non-hydrogen) atoms. The normalized spacial score (nSPS) is 26.4. The first-order valence-corrected chi connectivity index (χ1v) is 6.74. The highest BCUT2D eigenvalue weighted by Gasteiger charge is 2.53. The zero-order valence-electron chi connectivity index (χ0n) is 12.4. The van der Waals surface area contributed by atoms with Gasteiger partial charge in [0.2, 0.25) is 6.29 Å². The van der Waals surface area contributed by atoms with Crippen molar-refractivity contribution in [2.75, 3.05) is 7.11 Å². The lowest BCUT2D eigenvalue weighted by Gasteiger charge is -2.19. The Morgan fingerprint density at radius 3 is 2.35 bits per heavy atom. The van der Waals surface area contributed by atoms with Crippen LogP contribution in [0.25, 0.3) is 0 Å². The fourth-order valence-electron chi connectivity index (χ4n) is 2.07.